The fourth-order valence-electron chi connectivity index (χ4n) is 6.78. The highest BCUT2D eigenvalue weighted by Crippen LogP contribution is 2.44. The highest BCUT2D eigenvalue weighted by molar-refractivity contribution is 6.22. The van der Waals surface area contributed by atoms with Gasteiger partial charge < -0.3 is 8.83 Å². The van der Waals surface area contributed by atoms with Crippen molar-refractivity contribution in [2.75, 3.05) is 0 Å². The molecular weight excluding hydrogens is 575 g/mol. The minimum atomic E-state index is -4.64. The van der Waals surface area contributed by atoms with Crippen molar-refractivity contribution in [2.45, 2.75) is 32.4 Å². The Morgan fingerprint density at radius 3 is 2.40 bits per heavy atom. The number of pyridine rings is 1. The van der Waals surface area contributed by atoms with Crippen molar-refractivity contribution in [3.63, 3.8) is 0 Å². The van der Waals surface area contributed by atoms with Gasteiger partial charge in [0.15, 0.2) is 5.58 Å². The van der Waals surface area contributed by atoms with Crippen LogP contribution in [0.5, 0.6) is 0 Å². The number of fused-ring (bicyclic) bond motifs is 7. The second-order valence-corrected chi connectivity index (χ2v) is 12.6. The van der Waals surface area contributed by atoms with E-state index in [1.54, 1.807) is 24.6 Å². The minimum absolute atomic E-state index is 0.0663. The van der Waals surface area contributed by atoms with Crippen LogP contribution in [0.4, 0.5) is 13.2 Å². The van der Waals surface area contributed by atoms with Crippen molar-refractivity contribution in [3.8, 4) is 22.4 Å². The van der Waals surface area contributed by atoms with E-state index >= 15 is 0 Å². The fraction of sp³-hybridized carbons (Fsp3) is 0.135. The first kappa shape index (κ1) is 26.1. The van der Waals surface area contributed by atoms with Gasteiger partial charge in [-0.15, -0.1) is 0 Å². The molecule has 0 spiro atoms. The molecule has 0 atom stereocenters. The third kappa shape index (κ3) is 3.68. The van der Waals surface area contributed by atoms with Crippen LogP contribution in [-0.2, 0) is 11.6 Å². The summed E-state index contributed by atoms with van der Waals surface area (Å²) in [6.07, 6.45) is -1.21. The highest BCUT2D eigenvalue weighted by atomic mass is 19.4. The van der Waals surface area contributed by atoms with Gasteiger partial charge in [-0.25, -0.2) is 4.98 Å². The summed E-state index contributed by atoms with van der Waals surface area (Å²) in [4.78, 5) is 8.63. The van der Waals surface area contributed by atoms with Crippen LogP contribution in [0.1, 0.15) is 32.2 Å². The maximum absolute atomic E-state index is 14.0. The molecule has 45 heavy (non-hydrogen) atoms. The van der Waals surface area contributed by atoms with Gasteiger partial charge in [0.25, 0.3) is 0 Å². The third-order valence-electron chi connectivity index (χ3n) is 8.81. The lowest BCUT2D eigenvalue weighted by atomic mass is 9.82. The zero-order chi connectivity index (χ0) is 30.8. The first-order valence-electron chi connectivity index (χ1n) is 14.6. The van der Waals surface area contributed by atoms with Crippen molar-refractivity contribution >= 4 is 60.2 Å². The van der Waals surface area contributed by atoms with E-state index in [1.165, 1.54) is 10.9 Å². The Kier molecular flexibility index (Phi) is 5.00. The molecule has 220 valence electrons. The van der Waals surface area contributed by atoms with Gasteiger partial charge in [0, 0.05) is 27.3 Å². The Balaban J connectivity index is 1.22. The molecule has 9 rings (SSSR count). The molecule has 0 saturated carbocycles. The maximum Gasteiger partial charge on any atom is 0.450 e. The number of aromatic nitrogens is 3. The summed E-state index contributed by atoms with van der Waals surface area (Å²) in [7, 11) is 0. The molecule has 0 saturated heterocycles. The lowest BCUT2D eigenvalue weighted by Gasteiger charge is -2.22. The number of nitrogens with zero attached hydrogens (tertiary/aromatic N) is 3. The number of para-hydroxylation sites is 1. The molecule has 0 amide bonds. The minimum Gasteiger partial charge on any atom is -0.462 e. The molecule has 0 aliphatic rings. The Labute approximate surface area is 253 Å². The number of imidazole rings is 1. The molecule has 0 aliphatic carbocycles. The van der Waals surface area contributed by atoms with Crippen LogP contribution in [0.2, 0.25) is 0 Å². The average molecular weight is 600 g/mol. The standard InChI is InChI=1S/C37H24F3N3O2/c1-36(2,3)27-14-21(13-19-7-4-5-8-22(19)27)29-16-25-26(18-44-31(25)17-41-29)20-11-12-23-30(15-20)45-34-32(23)24-9-6-10-28-33(24)43(34)35(42-28)37(38,39)40/h4-18H,1-3H3. The Hall–Kier alpha value is -5.37. The highest BCUT2D eigenvalue weighted by Gasteiger charge is 2.39. The lowest BCUT2D eigenvalue weighted by Crippen LogP contribution is -2.12. The van der Waals surface area contributed by atoms with E-state index in [0.717, 1.165) is 42.9 Å². The van der Waals surface area contributed by atoms with Crippen molar-refractivity contribution in [1.82, 2.24) is 14.4 Å². The number of hydrogen-bond donors (Lipinski definition) is 0. The average Bonchev–Trinajstić information content (AvgIpc) is 3.77. The van der Waals surface area contributed by atoms with Crippen molar-refractivity contribution in [1.29, 1.82) is 0 Å². The smallest absolute Gasteiger partial charge is 0.450 e. The van der Waals surface area contributed by atoms with E-state index in [4.69, 9.17) is 13.8 Å². The van der Waals surface area contributed by atoms with Gasteiger partial charge in [0.1, 0.15) is 5.58 Å². The van der Waals surface area contributed by atoms with Gasteiger partial charge in [-0.05, 0) is 63.7 Å². The molecule has 0 unspecified atom stereocenters. The molecule has 5 nitrogen and oxygen atoms in total. The van der Waals surface area contributed by atoms with Crippen molar-refractivity contribution in [3.05, 3.63) is 103 Å². The molecule has 8 heteroatoms. The molecule has 0 radical (unpaired) electrons. The van der Waals surface area contributed by atoms with Crippen molar-refractivity contribution in [2.24, 2.45) is 0 Å². The summed E-state index contributed by atoms with van der Waals surface area (Å²) >= 11 is 0. The maximum atomic E-state index is 14.0. The molecule has 5 heterocycles. The zero-order valence-corrected chi connectivity index (χ0v) is 24.5. The number of rotatable bonds is 2. The van der Waals surface area contributed by atoms with Gasteiger partial charge in [-0.3, -0.25) is 9.38 Å². The number of hydrogen-bond acceptors (Lipinski definition) is 4. The predicted molar refractivity (Wildman–Crippen MR) is 171 cm³/mol. The van der Waals surface area contributed by atoms with Gasteiger partial charge in [0.2, 0.25) is 11.5 Å². The number of benzene rings is 4. The molecule has 5 aromatic heterocycles. The fourth-order valence-corrected chi connectivity index (χ4v) is 6.78. The van der Waals surface area contributed by atoms with Crippen LogP contribution in [0.15, 0.2) is 100 Å². The van der Waals surface area contributed by atoms with Gasteiger partial charge in [-0.1, -0.05) is 63.2 Å². The first-order chi connectivity index (χ1) is 21.6. The largest absolute Gasteiger partial charge is 0.462 e. The monoisotopic (exact) mass is 599 g/mol. The molecule has 4 aromatic carbocycles. The van der Waals surface area contributed by atoms with Gasteiger partial charge in [-0.2, -0.15) is 13.2 Å². The summed E-state index contributed by atoms with van der Waals surface area (Å²) in [5.41, 5.74) is 6.61. The summed E-state index contributed by atoms with van der Waals surface area (Å²) in [6.45, 7) is 6.63. The van der Waals surface area contributed by atoms with E-state index in [1.807, 2.05) is 36.4 Å². The number of halogens is 3. The van der Waals surface area contributed by atoms with E-state index in [0.29, 0.717) is 27.5 Å². The summed E-state index contributed by atoms with van der Waals surface area (Å²) in [5, 5.41) is 5.30. The van der Waals surface area contributed by atoms with E-state index in [2.05, 4.69) is 56.1 Å². The first-order valence-corrected chi connectivity index (χ1v) is 14.6. The van der Waals surface area contributed by atoms with E-state index in [-0.39, 0.29) is 16.6 Å². The van der Waals surface area contributed by atoms with Crippen LogP contribution in [-0.4, -0.2) is 14.4 Å². The Morgan fingerprint density at radius 2 is 1.58 bits per heavy atom. The second kappa shape index (κ2) is 8.63. The number of furan rings is 2. The third-order valence-corrected chi connectivity index (χ3v) is 8.81. The lowest BCUT2D eigenvalue weighted by molar-refractivity contribution is -0.145. The van der Waals surface area contributed by atoms with Gasteiger partial charge in [0.05, 0.1) is 34.6 Å². The second-order valence-electron chi connectivity index (χ2n) is 12.6. The van der Waals surface area contributed by atoms with Crippen LogP contribution in [0.25, 0.3) is 82.6 Å². The normalized spacial score (nSPS) is 13.1. The summed E-state index contributed by atoms with van der Waals surface area (Å²) in [6, 6.07) is 25.6. The molecular formula is C37H24F3N3O2. The Bertz CT molecular complexity index is 2630. The molecule has 0 fully saturated rings. The van der Waals surface area contributed by atoms with E-state index < -0.39 is 12.0 Å². The molecule has 0 N–H and O–H groups in total. The Morgan fingerprint density at radius 1 is 0.756 bits per heavy atom. The van der Waals surface area contributed by atoms with Crippen LogP contribution < -0.4 is 0 Å². The van der Waals surface area contributed by atoms with Crippen LogP contribution in [0.3, 0.4) is 0 Å². The summed E-state index contributed by atoms with van der Waals surface area (Å²) < 4.78 is 55.2. The quantitative estimate of drug-likeness (QED) is 0.198. The zero-order valence-electron chi connectivity index (χ0n) is 24.5. The molecule has 9 aromatic rings. The molecule has 0 aliphatic heterocycles. The topological polar surface area (TPSA) is 56.5 Å². The number of alkyl halides is 3. The predicted octanol–water partition coefficient (Wildman–Crippen LogP) is 10.8. The van der Waals surface area contributed by atoms with Gasteiger partial charge >= 0.3 is 6.18 Å². The molecule has 0 bridgehead atoms. The van der Waals surface area contributed by atoms with Crippen LogP contribution >= 0.6 is 0 Å². The summed E-state index contributed by atoms with van der Waals surface area (Å²) in [5.74, 6) is -0.993. The van der Waals surface area contributed by atoms with Crippen molar-refractivity contribution < 1.29 is 22.0 Å². The van der Waals surface area contributed by atoms with Crippen LogP contribution in [0, 0.1) is 0 Å². The SMILES string of the molecule is CC(C)(C)c1cc(-c2cc3c(-c4ccc5c(c4)oc4c5c5cccc6nc(C(F)(F)F)n4c65)coc3cn2)cc2ccccc12. The van der Waals surface area contributed by atoms with E-state index in [9.17, 15) is 13.2 Å².